The van der Waals surface area contributed by atoms with E-state index in [-0.39, 0.29) is 0 Å². The van der Waals surface area contributed by atoms with E-state index in [0.29, 0.717) is 37.0 Å². The van der Waals surface area contributed by atoms with Crippen molar-refractivity contribution in [3.63, 3.8) is 0 Å². The summed E-state index contributed by atoms with van der Waals surface area (Å²) < 4.78 is 11.5. The van der Waals surface area contributed by atoms with E-state index in [4.69, 9.17) is 19.1 Å². The van der Waals surface area contributed by atoms with Gasteiger partial charge in [-0.15, -0.1) is 0 Å². The number of anilines is 2. The van der Waals surface area contributed by atoms with E-state index in [2.05, 4.69) is 27.3 Å². The number of fused-ring (bicyclic) bond motifs is 3. The second kappa shape index (κ2) is 6.85. The summed E-state index contributed by atoms with van der Waals surface area (Å²) in [5.74, 6) is 1.37. The maximum Gasteiger partial charge on any atom is 0.229 e. The summed E-state index contributed by atoms with van der Waals surface area (Å²) in [6.07, 6.45) is 1.72. The van der Waals surface area contributed by atoms with Gasteiger partial charge >= 0.3 is 0 Å². The molecule has 1 fully saturated rings. The second-order valence-electron chi connectivity index (χ2n) is 6.45. The van der Waals surface area contributed by atoms with E-state index < -0.39 is 0 Å². The first-order valence-electron chi connectivity index (χ1n) is 9.04. The van der Waals surface area contributed by atoms with Gasteiger partial charge in [-0.3, -0.25) is 0 Å². The van der Waals surface area contributed by atoms with Crippen molar-refractivity contribution in [1.82, 2.24) is 15.0 Å². The number of aromatic nitrogens is 3. The van der Waals surface area contributed by atoms with Crippen LogP contribution in [0.4, 0.5) is 11.8 Å². The Morgan fingerprint density at radius 1 is 1.00 bits per heavy atom. The molecule has 0 amide bonds. The molecular weight excluding hydrogens is 342 g/mol. The molecule has 0 bridgehead atoms. The molecule has 7 heteroatoms. The van der Waals surface area contributed by atoms with Gasteiger partial charge < -0.3 is 19.4 Å². The second-order valence-corrected chi connectivity index (χ2v) is 6.45. The van der Waals surface area contributed by atoms with Crippen LogP contribution in [0.15, 0.2) is 53.1 Å². The summed E-state index contributed by atoms with van der Waals surface area (Å²) >= 11 is 0. The lowest BCUT2D eigenvalue weighted by Crippen LogP contribution is -2.37. The average Bonchev–Trinajstić information content (AvgIpc) is 3.12. The highest BCUT2D eigenvalue weighted by atomic mass is 16.5. The highest BCUT2D eigenvalue weighted by Crippen LogP contribution is 2.33. The highest BCUT2D eigenvalue weighted by Gasteiger charge is 2.22. The third kappa shape index (κ3) is 3.06. The number of furan rings is 1. The minimum absolute atomic E-state index is 0.580. The zero-order valence-corrected chi connectivity index (χ0v) is 14.8. The summed E-state index contributed by atoms with van der Waals surface area (Å²) in [6, 6.07) is 14.1. The van der Waals surface area contributed by atoms with Crippen molar-refractivity contribution in [1.29, 1.82) is 0 Å². The van der Waals surface area contributed by atoms with E-state index in [0.717, 1.165) is 29.8 Å². The van der Waals surface area contributed by atoms with Crippen LogP contribution in [-0.4, -0.2) is 41.3 Å². The number of nitrogens with zero attached hydrogens (tertiary/aromatic N) is 4. The van der Waals surface area contributed by atoms with Gasteiger partial charge in [0.1, 0.15) is 5.52 Å². The zero-order chi connectivity index (χ0) is 18.1. The van der Waals surface area contributed by atoms with Crippen LogP contribution in [0.1, 0.15) is 5.56 Å². The minimum atomic E-state index is 0.580. The van der Waals surface area contributed by atoms with E-state index in [1.54, 1.807) is 6.20 Å². The Morgan fingerprint density at radius 3 is 2.70 bits per heavy atom. The molecule has 1 saturated heterocycles. The molecule has 0 atom stereocenters. The Labute approximate surface area is 156 Å². The molecule has 4 aromatic rings. The van der Waals surface area contributed by atoms with Crippen LogP contribution in [0.25, 0.3) is 22.2 Å². The summed E-state index contributed by atoms with van der Waals surface area (Å²) in [6.45, 7) is 3.56. The molecule has 27 heavy (non-hydrogen) atoms. The summed E-state index contributed by atoms with van der Waals surface area (Å²) in [5.41, 5.74) is 3.21. The Balaban J connectivity index is 1.59. The van der Waals surface area contributed by atoms with Gasteiger partial charge in [0.15, 0.2) is 11.4 Å². The fourth-order valence-corrected chi connectivity index (χ4v) is 3.31. The number of morpholine rings is 1. The molecule has 1 N–H and O–H groups in total. The lowest BCUT2D eigenvalue weighted by atomic mass is 10.2. The van der Waals surface area contributed by atoms with Gasteiger partial charge in [0.25, 0.3) is 0 Å². The quantitative estimate of drug-likeness (QED) is 0.598. The Bertz CT molecular complexity index is 1070. The van der Waals surface area contributed by atoms with Crippen molar-refractivity contribution in [2.45, 2.75) is 6.54 Å². The Hall–Kier alpha value is -3.19. The minimum Gasteiger partial charge on any atom is -0.432 e. The van der Waals surface area contributed by atoms with E-state index in [1.165, 1.54) is 5.56 Å². The van der Waals surface area contributed by atoms with E-state index >= 15 is 0 Å². The van der Waals surface area contributed by atoms with E-state index in [9.17, 15) is 0 Å². The van der Waals surface area contributed by atoms with Crippen LogP contribution >= 0.6 is 0 Å². The fourth-order valence-electron chi connectivity index (χ4n) is 3.31. The molecule has 1 aromatic carbocycles. The summed E-state index contributed by atoms with van der Waals surface area (Å²) in [5, 5.41) is 4.24. The van der Waals surface area contributed by atoms with Crippen molar-refractivity contribution in [3.8, 4) is 0 Å². The van der Waals surface area contributed by atoms with Crippen LogP contribution in [0.3, 0.4) is 0 Å². The molecule has 0 spiro atoms. The maximum absolute atomic E-state index is 6.01. The Morgan fingerprint density at radius 2 is 1.85 bits per heavy atom. The van der Waals surface area contributed by atoms with Gasteiger partial charge in [-0.1, -0.05) is 30.3 Å². The maximum atomic E-state index is 6.01. The van der Waals surface area contributed by atoms with Crippen molar-refractivity contribution in [3.05, 3.63) is 54.2 Å². The highest BCUT2D eigenvalue weighted by molar-refractivity contribution is 6.05. The molecule has 3 aromatic heterocycles. The first-order chi connectivity index (χ1) is 13.4. The first-order valence-corrected chi connectivity index (χ1v) is 9.04. The van der Waals surface area contributed by atoms with Crippen LogP contribution in [0.2, 0.25) is 0 Å². The predicted molar refractivity (Wildman–Crippen MR) is 104 cm³/mol. The summed E-state index contributed by atoms with van der Waals surface area (Å²) in [4.78, 5) is 16.0. The number of nitrogens with one attached hydrogen (secondary N) is 1. The third-order valence-corrected chi connectivity index (χ3v) is 4.68. The van der Waals surface area contributed by atoms with Gasteiger partial charge in [0, 0.05) is 25.8 Å². The summed E-state index contributed by atoms with van der Waals surface area (Å²) in [7, 11) is 0. The molecule has 7 nitrogen and oxygen atoms in total. The molecule has 0 saturated carbocycles. The molecule has 0 unspecified atom stereocenters. The first kappa shape index (κ1) is 16.0. The molecular formula is C20H19N5O2. The van der Waals surface area contributed by atoms with E-state index in [1.807, 2.05) is 30.3 Å². The number of hydrogen-bond acceptors (Lipinski definition) is 7. The lowest BCUT2D eigenvalue weighted by Gasteiger charge is -2.27. The number of pyridine rings is 1. The Kier molecular flexibility index (Phi) is 4.06. The van der Waals surface area contributed by atoms with Crippen LogP contribution in [-0.2, 0) is 11.3 Å². The van der Waals surface area contributed by atoms with Gasteiger partial charge in [-0.2, -0.15) is 4.98 Å². The molecule has 1 aliphatic heterocycles. The molecule has 0 radical (unpaired) electrons. The molecule has 5 rings (SSSR count). The number of hydrogen-bond donors (Lipinski definition) is 1. The number of benzene rings is 1. The van der Waals surface area contributed by atoms with Gasteiger partial charge in [0.05, 0.1) is 18.6 Å². The molecule has 1 aliphatic rings. The largest absolute Gasteiger partial charge is 0.432 e. The number of ether oxygens (including phenoxy) is 1. The van der Waals surface area contributed by atoms with Gasteiger partial charge in [-0.25, -0.2) is 9.97 Å². The topological polar surface area (TPSA) is 76.3 Å². The smallest absolute Gasteiger partial charge is 0.229 e. The monoisotopic (exact) mass is 361 g/mol. The molecule has 4 heterocycles. The van der Waals surface area contributed by atoms with Crippen LogP contribution in [0, 0.1) is 0 Å². The third-order valence-electron chi connectivity index (χ3n) is 4.68. The standard InChI is InChI=1S/C20H19N5O2/c1-2-5-14(6-3-1)13-22-20-23-16-15-7-4-8-21-19(15)27-17(16)18(24-20)25-9-11-26-12-10-25/h1-8H,9-13H2,(H,22,23,24). The normalized spacial score (nSPS) is 14.7. The van der Waals surface area contributed by atoms with Crippen LogP contribution < -0.4 is 10.2 Å². The van der Waals surface area contributed by atoms with Crippen molar-refractivity contribution >= 4 is 34.0 Å². The lowest BCUT2D eigenvalue weighted by molar-refractivity contribution is 0.122. The average molecular weight is 361 g/mol. The van der Waals surface area contributed by atoms with Crippen LogP contribution in [0.5, 0.6) is 0 Å². The van der Waals surface area contributed by atoms with Gasteiger partial charge in [-0.05, 0) is 17.7 Å². The van der Waals surface area contributed by atoms with Gasteiger partial charge in [0.2, 0.25) is 11.7 Å². The van der Waals surface area contributed by atoms with Crippen molar-refractivity contribution in [2.75, 3.05) is 36.5 Å². The molecule has 136 valence electrons. The zero-order valence-electron chi connectivity index (χ0n) is 14.8. The SMILES string of the molecule is c1ccc(CNc2nc(N3CCOCC3)c3oc4ncccc4c3n2)cc1. The number of rotatable bonds is 4. The predicted octanol–water partition coefficient (Wildman–Crippen LogP) is 3.22. The van der Waals surface area contributed by atoms with Crippen molar-refractivity contribution in [2.24, 2.45) is 0 Å². The van der Waals surface area contributed by atoms with Crippen molar-refractivity contribution < 1.29 is 9.15 Å². The fraction of sp³-hybridized carbons (Fsp3) is 0.250. The molecule has 0 aliphatic carbocycles.